The normalized spacial score (nSPS) is 12.7. The summed E-state index contributed by atoms with van der Waals surface area (Å²) >= 11 is 0. The minimum atomic E-state index is -1.56. The SMILES string of the molecule is C[C@@H](c1ccccc1)N(C)C(=O)[C@@](C)(Cc1cn(C(=O)OCOC(=O)c2ccc(C=O)cc2)c2ccccc12)NC(=O)OCc1cc2ccccc2o1. The summed E-state index contributed by atoms with van der Waals surface area (Å²) in [6.07, 6.45) is 0.468. The van der Waals surface area contributed by atoms with Crippen LogP contribution in [0.15, 0.2) is 120 Å². The summed E-state index contributed by atoms with van der Waals surface area (Å²) in [5.41, 5.74) is 1.59. The number of aromatic nitrogens is 1. The van der Waals surface area contributed by atoms with Crippen LogP contribution in [0.25, 0.3) is 21.9 Å². The maximum atomic E-state index is 14.4. The molecule has 0 bridgehead atoms. The third kappa shape index (κ3) is 8.12. The van der Waals surface area contributed by atoms with Crippen molar-refractivity contribution < 1.29 is 42.6 Å². The zero-order valence-electron chi connectivity index (χ0n) is 29.3. The molecule has 2 amide bonds. The number of nitrogens with one attached hydrogen (secondary N) is 1. The average molecular weight is 716 g/mol. The molecule has 53 heavy (non-hydrogen) atoms. The van der Waals surface area contributed by atoms with E-state index in [0.717, 1.165) is 10.9 Å². The number of hydrogen-bond donors (Lipinski definition) is 1. The number of alkyl carbamates (subject to hydrolysis) is 1. The molecule has 270 valence electrons. The van der Waals surface area contributed by atoms with Crippen molar-refractivity contribution in [2.24, 2.45) is 0 Å². The van der Waals surface area contributed by atoms with Crippen LogP contribution in [0.3, 0.4) is 0 Å². The van der Waals surface area contributed by atoms with Crippen molar-refractivity contribution in [1.82, 2.24) is 14.8 Å². The molecule has 1 N–H and O–H groups in total. The maximum Gasteiger partial charge on any atom is 0.421 e. The van der Waals surface area contributed by atoms with Gasteiger partial charge >= 0.3 is 18.2 Å². The number of likely N-dealkylation sites (N-methyl/N-ethyl adjacent to an activating group) is 1. The molecule has 2 heterocycles. The Bertz CT molecular complexity index is 2240. The number of fused-ring (bicyclic) bond motifs is 2. The first-order valence-corrected chi connectivity index (χ1v) is 16.8. The van der Waals surface area contributed by atoms with Gasteiger partial charge in [-0.25, -0.2) is 14.4 Å². The lowest BCUT2D eigenvalue weighted by Gasteiger charge is -2.36. The van der Waals surface area contributed by atoms with Gasteiger partial charge in [0.2, 0.25) is 12.7 Å². The molecule has 2 aromatic heterocycles. The van der Waals surface area contributed by atoms with E-state index in [0.29, 0.717) is 39.7 Å². The number of rotatable bonds is 12. The number of aldehydes is 1. The maximum absolute atomic E-state index is 14.4. The van der Waals surface area contributed by atoms with Gasteiger partial charge in [0.1, 0.15) is 23.2 Å². The van der Waals surface area contributed by atoms with E-state index >= 15 is 0 Å². The van der Waals surface area contributed by atoms with Gasteiger partial charge in [-0.1, -0.05) is 78.9 Å². The first-order valence-electron chi connectivity index (χ1n) is 16.8. The van der Waals surface area contributed by atoms with E-state index in [2.05, 4.69) is 5.32 Å². The number of hydrogen-bond acceptors (Lipinski definition) is 9. The van der Waals surface area contributed by atoms with E-state index in [4.69, 9.17) is 18.6 Å². The van der Waals surface area contributed by atoms with Crippen LogP contribution in [0.2, 0.25) is 0 Å². The van der Waals surface area contributed by atoms with Crippen molar-refractivity contribution >= 4 is 52.2 Å². The molecular weight excluding hydrogens is 678 g/mol. The summed E-state index contributed by atoms with van der Waals surface area (Å²) in [6.45, 7) is 2.66. The summed E-state index contributed by atoms with van der Waals surface area (Å²) < 4.78 is 23.0. The van der Waals surface area contributed by atoms with E-state index in [-0.39, 0.29) is 24.6 Å². The van der Waals surface area contributed by atoms with E-state index in [9.17, 15) is 24.0 Å². The van der Waals surface area contributed by atoms with Gasteiger partial charge in [0.15, 0.2) is 6.61 Å². The standard InChI is InChI=1S/C41H37N3O9/c1-27(29-11-5-4-6-12-29)43(3)38(47)41(2,42-39(48)50-25-33-21-31-13-7-10-16-36(31)53-33)22-32-23-44(35-15-9-8-14-34(32)35)40(49)52-26-51-37(46)30-19-17-28(24-45)18-20-30/h4-21,23-24,27H,22,25-26H2,1-3H3,(H,42,48)/t27-,41+/m0/s1. The van der Waals surface area contributed by atoms with Gasteiger partial charge < -0.3 is 28.8 Å². The van der Waals surface area contributed by atoms with Gasteiger partial charge in [-0.05, 0) is 55.3 Å². The molecule has 0 fully saturated rings. The highest BCUT2D eigenvalue weighted by Crippen LogP contribution is 2.29. The Labute approximate surface area is 304 Å². The molecule has 12 nitrogen and oxygen atoms in total. The molecule has 0 aliphatic rings. The van der Waals surface area contributed by atoms with Crippen LogP contribution >= 0.6 is 0 Å². The lowest BCUT2D eigenvalue weighted by molar-refractivity contribution is -0.138. The van der Waals surface area contributed by atoms with Crippen molar-refractivity contribution in [3.63, 3.8) is 0 Å². The van der Waals surface area contributed by atoms with Crippen LogP contribution in [0.1, 0.15) is 57.5 Å². The van der Waals surface area contributed by atoms with E-state index < -0.39 is 36.4 Å². The Morgan fingerprint density at radius 3 is 2.32 bits per heavy atom. The molecule has 6 rings (SSSR count). The number of nitrogens with zero attached hydrogens (tertiary/aromatic N) is 2. The van der Waals surface area contributed by atoms with Crippen molar-refractivity contribution in [1.29, 1.82) is 0 Å². The highest BCUT2D eigenvalue weighted by atomic mass is 16.7. The average Bonchev–Trinajstić information content (AvgIpc) is 3.77. The van der Waals surface area contributed by atoms with Crippen LogP contribution in [-0.4, -0.2) is 59.2 Å². The zero-order valence-corrected chi connectivity index (χ0v) is 29.3. The summed E-state index contributed by atoms with van der Waals surface area (Å²) in [7, 11) is 1.66. The topological polar surface area (TPSA) is 146 Å². The second-order valence-corrected chi connectivity index (χ2v) is 12.7. The van der Waals surface area contributed by atoms with Crippen molar-refractivity contribution in [2.75, 3.05) is 13.8 Å². The Kier molecular flexibility index (Phi) is 10.7. The lowest BCUT2D eigenvalue weighted by atomic mass is 9.90. The van der Waals surface area contributed by atoms with Crippen molar-refractivity contribution in [3.05, 3.63) is 143 Å². The molecule has 4 aromatic carbocycles. The molecule has 6 aromatic rings. The fourth-order valence-corrected chi connectivity index (χ4v) is 6.11. The summed E-state index contributed by atoms with van der Waals surface area (Å²) in [4.78, 5) is 66.1. The van der Waals surface area contributed by atoms with Crippen LogP contribution in [0.4, 0.5) is 9.59 Å². The molecule has 12 heteroatoms. The smallest absolute Gasteiger partial charge is 0.421 e. The highest BCUT2D eigenvalue weighted by Gasteiger charge is 2.40. The van der Waals surface area contributed by atoms with E-state index in [1.165, 1.54) is 35.0 Å². The molecular formula is C41H37N3O9. The molecule has 0 aliphatic heterocycles. The lowest BCUT2D eigenvalue weighted by Crippen LogP contribution is -2.58. The quantitative estimate of drug-likeness (QED) is 0.0776. The second-order valence-electron chi connectivity index (χ2n) is 12.7. The predicted molar refractivity (Wildman–Crippen MR) is 195 cm³/mol. The number of ether oxygens (including phenoxy) is 3. The number of para-hydroxylation sites is 2. The zero-order chi connectivity index (χ0) is 37.5. The van der Waals surface area contributed by atoms with Gasteiger partial charge in [-0.2, -0.15) is 0 Å². The first kappa shape index (κ1) is 36.1. The van der Waals surface area contributed by atoms with Gasteiger partial charge in [-0.3, -0.25) is 14.2 Å². The van der Waals surface area contributed by atoms with Crippen molar-refractivity contribution in [2.45, 2.75) is 38.5 Å². The molecule has 2 atom stereocenters. The van der Waals surface area contributed by atoms with Crippen LogP contribution in [-0.2, 0) is 32.0 Å². The van der Waals surface area contributed by atoms with Gasteiger partial charge in [0, 0.05) is 36.0 Å². The fourth-order valence-electron chi connectivity index (χ4n) is 6.11. The van der Waals surface area contributed by atoms with Gasteiger partial charge in [0.05, 0.1) is 17.1 Å². The van der Waals surface area contributed by atoms with E-state index in [1.807, 2.05) is 61.5 Å². The highest BCUT2D eigenvalue weighted by molar-refractivity contribution is 5.95. The minimum absolute atomic E-state index is 0.0377. The van der Waals surface area contributed by atoms with Crippen LogP contribution in [0.5, 0.6) is 0 Å². The number of carbonyl (C=O) groups excluding carboxylic acids is 5. The number of benzene rings is 4. The Hall–Kier alpha value is -6.69. The summed E-state index contributed by atoms with van der Waals surface area (Å²) in [6, 6.07) is 31.2. The largest absolute Gasteiger partial charge is 0.457 e. The molecule has 0 saturated carbocycles. The molecule has 0 spiro atoms. The van der Waals surface area contributed by atoms with Crippen molar-refractivity contribution in [3.8, 4) is 0 Å². The number of esters is 1. The van der Waals surface area contributed by atoms with Crippen LogP contribution in [0, 0.1) is 0 Å². The molecule has 0 aliphatic carbocycles. The monoisotopic (exact) mass is 715 g/mol. The van der Waals surface area contributed by atoms with Gasteiger partial charge in [0.25, 0.3) is 0 Å². The third-order valence-electron chi connectivity index (χ3n) is 9.05. The fraction of sp³-hybridized carbons (Fsp3) is 0.195. The molecule has 0 radical (unpaired) electrons. The van der Waals surface area contributed by atoms with Gasteiger partial charge in [-0.15, -0.1) is 0 Å². The first-order chi connectivity index (χ1) is 25.6. The molecule has 0 unspecified atom stereocenters. The Morgan fingerprint density at radius 1 is 0.887 bits per heavy atom. The summed E-state index contributed by atoms with van der Waals surface area (Å²) in [5, 5.41) is 4.30. The minimum Gasteiger partial charge on any atom is -0.457 e. The molecule has 0 saturated heterocycles. The number of amides is 2. The Morgan fingerprint density at radius 2 is 1.58 bits per heavy atom. The predicted octanol–water partition coefficient (Wildman–Crippen LogP) is 7.45. The number of furan rings is 1. The van der Waals surface area contributed by atoms with E-state index in [1.54, 1.807) is 49.2 Å². The third-order valence-corrected chi connectivity index (χ3v) is 9.05. The Balaban J connectivity index is 1.22. The summed E-state index contributed by atoms with van der Waals surface area (Å²) in [5.74, 6) is -0.705. The van der Waals surface area contributed by atoms with Crippen LogP contribution < -0.4 is 5.32 Å². The second kappa shape index (κ2) is 15.7. The number of carbonyl (C=O) groups is 5.